The molecule has 0 heterocycles. The largest absolute Gasteiger partial charge is 0.392 e. The normalized spacial score (nSPS) is 16.9. The van der Waals surface area contributed by atoms with Crippen molar-refractivity contribution in [1.29, 1.82) is 0 Å². The SMILES string of the molecule is CCCCCCCCNC(=O)C1(C(N)=S)CCC1. The lowest BCUT2D eigenvalue weighted by molar-refractivity contribution is -0.130. The highest BCUT2D eigenvalue weighted by Gasteiger charge is 2.46. The monoisotopic (exact) mass is 270 g/mol. The average Bonchev–Trinajstić information content (AvgIpc) is 2.25. The number of nitrogens with one attached hydrogen (secondary N) is 1. The molecule has 0 aromatic rings. The fourth-order valence-corrected chi connectivity index (χ4v) is 2.69. The van der Waals surface area contributed by atoms with E-state index in [1.165, 1.54) is 32.1 Å². The number of amides is 1. The average molecular weight is 270 g/mol. The number of hydrogen-bond acceptors (Lipinski definition) is 2. The predicted molar refractivity (Wildman–Crippen MR) is 79.5 cm³/mol. The molecule has 1 rings (SSSR count). The smallest absolute Gasteiger partial charge is 0.233 e. The Morgan fingerprint density at radius 2 is 1.83 bits per heavy atom. The summed E-state index contributed by atoms with van der Waals surface area (Å²) in [7, 11) is 0. The Hall–Kier alpha value is -0.640. The number of rotatable bonds is 9. The molecule has 0 spiro atoms. The Labute approximate surface area is 116 Å². The Morgan fingerprint density at radius 3 is 2.33 bits per heavy atom. The van der Waals surface area contributed by atoms with Gasteiger partial charge in [-0.2, -0.15) is 0 Å². The number of hydrogen-bond donors (Lipinski definition) is 2. The minimum atomic E-state index is -0.516. The number of carbonyl (C=O) groups is 1. The molecule has 0 aliphatic heterocycles. The summed E-state index contributed by atoms with van der Waals surface area (Å²) in [5, 5.41) is 2.99. The second kappa shape index (κ2) is 7.72. The van der Waals surface area contributed by atoms with Crippen LogP contribution in [0.5, 0.6) is 0 Å². The van der Waals surface area contributed by atoms with Crippen molar-refractivity contribution in [1.82, 2.24) is 5.32 Å². The van der Waals surface area contributed by atoms with Gasteiger partial charge in [-0.25, -0.2) is 0 Å². The van der Waals surface area contributed by atoms with Gasteiger partial charge in [0, 0.05) is 6.54 Å². The van der Waals surface area contributed by atoms with Crippen molar-refractivity contribution in [2.45, 2.75) is 64.7 Å². The van der Waals surface area contributed by atoms with Gasteiger partial charge in [0.2, 0.25) is 5.91 Å². The zero-order valence-electron chi connectivity index (χ0n) is 11.5. The fraction of sp³-hybridized carbons (Fsp3) is 0.857. The van der Waals surface area contributed by atoms with Crippen molar-refractivity contribution in [3.63, 3.8) is 0 Å². The molecule has 4 heteroatoms. The minimum absolute atomic E-state index is 0.0507. The number of nitrogens with two attached hydrogens (primary N) is 1. The van der Waals surface area contributed by atoms with E-state index in [-0.39, 0.29) is 5.91 Å². The highest BCUT2D eigenvalue weighted by atomic mass is 32.1. The van der Waals surface area contributed by atoms with Gasteiger partial charge in [-0.15, -0.1) is 0 Å². The van der Waals surface area contributed by atoms with Gasteiger partial charge in [0.25, 0.3) is 0 Å². The molecular formula is C14H26N2OS. The number of thiocarbonyl (C=S) groups is 1. The summed E-state index contributed by atoms with van der Waals surface area (Å²) in [5.74, 6) is 0.0507. The van der Waals surface area contributed by atoms with Crippen LogP contribution in [0.3, 0.4) is 0 Å². The van der Waals surface area contributed by atoms with Crippen molar-refractivity contribution in [3.8, 4) is 0 Å². The van der Waals surface area contributed by atoms with Crippen molar-refractivity contribution >= 4 is 23.1 Å². The molecule has 0 aromatic heterocycles. The van der Waals surface area contributed by atoms with Crippen molar-refractivity contribution in [2.75, 3.05) is 6.54 Å². The Kier molecular flexibility index (Phi) is 6.61. The summed E-state index contributed by atoms with van der Waals surface area (Å²) >= 11 is 5.02. The Balaban J connectivity index is 2.12. The van der Waals surface area contributed by atoms with Crippen molar-refractivity contribution in [3.05, 3.63) is 0 Å². The molecule has 0 aromatic carbocycles. The zero-order valence-corrected chi connectivity index (χ0v) is 12.3. The molecule has 0 bridgehead atoms. The third kappa shape index (κ3) is 3.94. The molecule has 1 aliphatic carbocycles. The highest BCUT2D eigenvalue weighted by molar-refractivity contribution is 7.80. The molecule has 1 fully saturated rings. The lowest BCUT2D eigenvalue weighted by atomic mass is 9.68. The van der Waals surface area contributed by atoms with Gasteiger partial charge in [0.05, 0.1) is 10.4 Å². The van der Waals surface area contributed by atoms with Crippen LogP contribution >= 0.6 is 12.2 Å². The van der Waals surface area contributed by atoms with Gasteiger partial charge < -0.3 is 11.1 Å². The van der Waals surface area contributed by atoms with E-state index in [1.54, 1.807) is 0 Å². The molecule has 18 heavy (non-hydrogen) atoms. The minimum Gasteiger partial charge on any atom is -0.392 e. The summed E-state index contributed by atoms with van der Waals surface area (Å²) in [6.07, 6.45) is 10.1. The fourth-order valence-electron chi connectivity index (χ4n) is 2.39. The Bertz CT molecular complexity index is 288. The van der Waals surface area contributed by atoms with Gasteiger partial charge in [-0.3, -0.25) is 4.79 Å². The molecule has 0 unspecified atom stereocenters. The summed E-state index contributed by atoms with van der Waals surface area (Å²) < 4.78 is 0. The van der Waals surface area contributed by atoms with Crippen LogP contribution in [0.1, 0.15) is 64.7 Å². The zero-order chi connectivity index (χ0) is 13.4. The van der Waals surface area contributed by atoms with Crippen LogP contribution in [-0.2, 0) is 4.79 Å². The van der Waals surface area contributed by atoms with Gasteiger partial charge in [0.15, 0.2) is 0 Å². The van der Waals surface area contributed by atoms with E-state index in [4.69, 9.17) is 18.0 Å². The van der Waals surface area contributed by atoms with Crippen LogP contribution in [0, 0.1) is 5.41 Å². The molecule has 1 amide bonds. The number of unbranched alkanes of at least 4 members (excludes halogenated alkanes) is 5. The third-order valence-corrected chi connectivity index (χ3v) is 4.32. The quantitative estimate of drug-likeness (QED) is 0.500. The molecule has 0 radical (unpaired) electrons. The molecule has 3 N–H and O–H groups in total. The van der Waals surface area contributed by atoms with E-state index in [9.17, 15) is 4.79 Å². The van der Waals surface area contributed by atoms with Gasteiger partial charge >= 0.3 is 0 Å². The van der Waals surface area contributed by atoms with Gasteiger partial charge in [-0.1, -0.05) is 57.7 Å². The first-order valence-electron chi connectivity index (χ1n) is 7.21. The first-order chi connectivity index (χ1) is 8.63. The maximum absolute atomic E-state index is 12.0. The van der Waals surface area contributed by atoms with Gasteiger partial charge in [-0.05, 0) is 19.3 Å². The molecule has 0 saturated heterocycles. The second-order valence-electron chi connectivity index (χ2n) is 5.32. The van der Waals surface area contributed by atoms with E-state index < -0.39 is 5.41 Å². The molecular weight excluding hydrogens is 244 g/mol. The topological polar surface area (TPSA) is 55.1 Å². The van der Waals surface area contributed by atoms with Crippen molar-refractivity contribution in [2.24, 2.45) is 11.1 Å². The number of carbonyl (C=O) groups excluding carboxylic acids is 1. The van der Waals surface area contributed by atoms with Crippen LogP contribution in [0.15, 0.2) is 0 Å². The molecule has 104 valence electrons. The third-order valence-electron chi connectivity index (χ3n) is 3.93. The maximum Gasteiger partial charge on any atom is 0.233 e. The Morgan fingerprint density at radius 1 is 1.22 bits per heavy atom. The van der Waals surface area contributed by atoms with Crippen LogP contribution in [-0.4, -0.2) is 17.4 Å². The second-order valence-corrected chi connectivity index (χ2v) is 5.76. The summed E-state index contributed by atoms with van der Waals surface area (Å²) in [6, 6.07) is 0. The van der Waals surface area contributed by atoms with E-state index >= 15 is 0 Å². The lowest BCUT2D eigenvalue weighted by Crippen LogP contribution is -2.53. The molecule has 0 atom stereocenters. The van der Waals surface area contributed by atoms with E-state index in [1.807, 2.05) is 0 Å². The maximum atomic E-state index is 12.0. The van der Waals surface area contributed by atoms with Gasteiger partial charge in [0.1, 0.15) is 0 Å². The van der Waals surface area contributed by atoms with E-state index in [2.05, 4.69) is 12.2 Å². The standard InChI is InChI=1S/C14H26N2OS/c1-2-3-4-5-6-7-11-16-13(17)14(12(15)18)9-8-10-14/h2-11H2,1H3,(H2,15,18)(H,16,17). The summed E-state index contributed by atoms with van der Waals surface area (Å²) in [5.41, 5.74) is 5.17. The van der Waals surface area contributed by atoms with E-state index in [0.717, 1.165) is 32.2 Å². The molecule has 1 saturated carbocycles. The predicted octanol–water partition coefficient (Wildman–Crippen LogP) is 2.92. The molecule has 1 aliphatic rings. The first-order valence-corrected chi connectivity index (χ1v) is 7.62. The van der Waals surface area contributed by atoms with Crippen LogP contribution in [0.25, 0.3) is 0 Å². The lowest BCUT2D eigenvalue weighted by Gasteiger charge is -2.39. The van der Waals surface area contributed by atoms with E-state index in [0.29, 0.717) is 4.99 Å². The summed E-state index contributed by atoms with van der Waals surface area (Å²) in [6.45, 7) is 2.98. The highest BCUT2D eigenvalue weighted by Crippen LogP contribution is 2.41. The summed E-state index contributed by atoms with van der Waals surface area (Å²) in [4.78, 5) is 12.4. The van der Waals surface area contributed by atoms with Crippen LogP contribution < -0.4 is 11.1 Å². The van der Waals surface area contributed by atoms with Crippen molar-refractivity contribution < 1.29 is 4.79 Å². The van der Waals surface area contributed by atoms with Crippen LogP contribution in [0.4, 0.5) is 0 Å². The first kappa shape index (κ1) is 15.4. The molecule has 3 nitrogen and oxygen atoms in total. The van der Waals surface area contributed by atoms with Crippen LogP contribution in [0.2, 0.25) is 0 Å².